The number of fused-ring (bicyclic) bond motifs is 1. The van der Waals surface area contributed by atoms with Gasteiger partial charge in [-0.15, -0.1) is 10.2 Å². The Morgan fingerprint density at radius 3 is 2.68 bits per heavy atom. The third-order valence-electron chi connectivity index (χ3n) is 3.62. The fourth-order valence-electron chi connectivity index (χ4n) is 2.39. The van der Waals surface area contributed by atoms with Gasteiger partial charge < -0.3 is 4.74 Å². The quantitative estimate of drug-likeness (QED) is 0.483. The van der Waals surface area contributed by atoms with Crippen molar-refractivity contribution in [1.82, 2.24) is 19.8 Å². The molecule has 25 heavy (non-hydrogen) atoms. The molecule has 0 aliphatic rings. The second-order valence-corrected chi connectivity index (χ2v) is 7.18. The van der Waals surface area contributed by atoms with Crippen molar-refractivity contribution < 1.29 is 4.74 Å². The van der Waals surface area contributed by atoms with Crippen LogP contribution < -0.4 is 4.74 Å². The average Bonchev–Trinajstić information content (AvgIpc) is 3.20. The molecule has 2 aromatic heterocycles. The van der Waals surface area contributed by atoms with Crippen LogP contribution in [0.4, 0.5) is 0 Å². The number of halogens is 1. The summed E-state index contributed by atoms with van der Waals surface area (Å²) in [7, 11) is 1.66. The molecule has 0 spiro atoms. The average molecular weight is 413 g/mol. The van der Waals surface area contributed by atoms with Crippen molar-refractivity contribution in [3.05, 3.63) is 63.6 Å². The van der Waals surface area contributed by atoms with E-state index in [9.17, 15) is 0 Å². The minimum Gasteiger partial charge on any atom is -0.497 e. The zero-order valence-electron chi connectivity index (χ0n) is 13.3. The monoisotopic (exact) mass is 412 g/mol. The minimum absolute atomic E-state index is 0.733. The molecule has 0 fully saturated rings. The number of aromatic nitrogens is 4. The summed E-state index contributed by atoms with van der Waals surface area (Å²) in [6.45, 7) is 0. The molecular weight excluding hydrogens is 400 g/mol. The molecule has 0 bridgehead atoms. The molecule has 0 N–H and O–H groups in total. The van der Waals surface area contributed by atoms with Gasteiger partial charge >= 0.3 is 0 Å². The van der Waals surface area contributed by atoms with E-state index in [1.54, 1.807) is 11.6 Å². The molecule has 2 heterocycles. The molecule has 0 saturated heterocycles. The van der Waals surface area contributed by atoms with Crippen LogP contribution in [0.1, 0.15) is 10.6 Å². The lowest BCUT2D eigenvalue weighted by Gasteiger charge is -1.98. The first-order valence-corrected chi connectivity index (χ1v) is 9.14. The fraction of sp³-hybridized carbons (Fsp3) is 0.0556. The van der Waals surface area contributed by atoms with Crippen molar-refractivity contribution in [3.63, 3.8) is 0 Å². The number of hydrogen-bond acceptors (Lipinski definition) is 5. The van der Waals surface area contributed by atoms with Crippen LogP contribution in [0, 0.1) is 0 Å². The number of rotatable bonds is 4. The third-order valence-corrected chi connectivity index (χ3v) is 4.98. The van der Waals surface area contributed by atoms with Gasteiger partial charge in [-0.25, -0.2) is 0 Å². The number of benzene rings is 2. The Labute approximate surface area is 156 Å². The van der Waals surface area contributed by atoms with Crippen molar-refractivity contribution >= 4 is 44.4 Å². The summed E-state index contributed by atoms with van der Waals surface area (Å²) in [6.07, 6.45) is 4.00. The predicted octanol–water partition coefficient (Wildman–Crippen LogP) is 4.79. The minimum atomic E-state index is 0.733. The van der Waals surface area contributed by atoms with Crippen molar-refractivity contribution in [3.8, 4) is 17.1 Å². The van der Waals surface area contributed by atoms with E-state index in [1.165, 1.54) is 11.3 Å². The van der Waals surface area contributed by atoms with Gasteiger partial charge in [0.05, 0.1) is 7.11 Å². The maximum atomic E-state index is 5.17. The smallest absolute Gasteiger partial charge is 0.235 e. The van der Waals surface area contributed by atoms with Gasteiger partial charge in [-0.05, 0) is 35.9 Å². The molecule has 0 aliphatic heterocycles. The van der Waals surface area contributed by atoms with Crippen LogP contribution in [0.15, 0.2) is 53.0 Å². The van der Waals surface area contributed by atoms with Gasteiger partial charge in [0.2, 0.25) is 4.96 Å². The Bertz CT molecular complexity index is 1050. The highest BCUT2D eigenvalue weighted by molar-refractivity contribution is 9.10. The predicted molar refractivity (Wildman–Crippen MR) is 104 cm³/mol. The summed E-state index contributed by atoms with van der Waals surface area (Å²) in [4.78, 5) is 0.768. The van der Waals surface area contributed by atoms with E-state index in [0.717, 1.165) is 37.1 Å². The van der Waals surface area contributed by atoms with Gasteiger partial charge in [0.15, 0.2) is 5.82 Å². The largest absolute Gasteiger partial charge is 0.497 e. The molecule has 4 rings (SSSR count). The lowest BCUT2D eigenvalue weighted by atomic mass is 10.2. The van der Waals surface area contributed by atoms with Crippen molar-refractivity contribution in [2.24, 2.45) is 0 Å². The van der Waals surface area contributed by atoms with Gasteiger partial charge in [-0.3, -0.25) is 0 Å². The van der Waals surface area contributed by atoms with Gasteiger partial charge in [0, 0.05) is 10.0 Å². The summed E-state index contributed by atoms with van der Waals surface area (Å²) < 4.78 is 7.94. The van der Waals surface area contributed by atoms with E-state index in [2.05, 4.69) is 31.2 Å². The van der Waals surface area contributed by atoms with Crippen molar-refractivity contribution in [2.45, 2.75) is 0 Å². The summed E-state index contributed by atoms with van der Waals surface area (Å²) in [5.74, 6) is 1.58. The Hall–Kier alpha value is -2.51. The van der Waals surface area contributed by atoms with Gasteiger partial charge in [-0.1, -0.05) is 57.6 Å². The van der Waals surface area contributed by atoms with Gasteiger partial charge in [-0.2, -0.15) is 9.61 Å². The molecule has 0 radical (unpaired) electrons. The first-order valence-electron chi connectivity index (χ1n) is 7.53. The first-order chi connectivity index (χ1) is 12.2. The highest BCUT2D eigenvalue weighted by atomic mass is 79.9. The standard InChI is InChI=1S/C18H13BrN4OS/c1-24-15-8-5-12(6-9-15)7-10-16-22-23-17(20-21-18(23)25-16)13-3-2-4-14(19)11-13/h2-11H,1H3. The molecule has 0 unspecified atom stereocenters. The summed E-state index contributed by atoms with van der Waals surface area (Å²) in [5, 5.41) is 14.0. The molecule has 0 saturated carbocycles. The molecule has 124 valence electrons. The second kappa shape index (κ2) is 6.78. The molecule has 2 aromatic carbocycles. The Balaban J connectivity index is 1.64. The number of ether oxygens (including phenoxy) is 1. The normalized spacial score (nSPS) is 11.4. The zero-order chi connectivity index (χ0) is 17.2. The fourth-order valence-corrected chi connectivity index (χ4v) is 3.53. The molecule has 4 aromatic rings. The number of methoxy groups -OCH3 is 1. The van der Waals surface area contributed by atoms with Gasteiger partial charge in [0.25, 0.3) is 0 Å². The number of hydrogen-bond donors (Lipinski definition) is 0. The second-order valence-electron chi connectivity index (χ2n) is 5.28. The molecule has 0 atom stereocenters. The van der Waals surface area contributed by atoms with E-state index in [-0.39, 0.29) is 0 Å². The van der Waals surface area contributed by atoms with Crippen LogP contribution >= 0.6 is 27.3 Å². The summed E-state index contributed by atoms with van der Waals surface area (Å²) >= 11 is 4.98. The molecule has 0 amide bonds. The summed E-state index contributed by atoms with van der Waals surface area (Å²) in [6, 6.07) is 15.8. The van der Waals surface area contributed by atoms with Crippen molar-refractivity contribution in [1.29, 1.82) is 0 Å². The topological polar surface area (TPSA) is 52.3 Å². The van der Waals surface area contributed by atoms with Crippen LogP contribution in [-0.4, -0.2) is 26.9 Å². The highest BCUT2D eigenvalue weighted by Crippen LogP contribution is 2.25. The Morgan fingerprint density at radius 2 is 1.92 bits per heavy atom. The Kier molecular flexibility index (Phi) is 4.33. The zero-order valence-corrected chi connectivity index (χ0v) is 15.7. The van der Waals surface area contributed by atoms with E-state index in [1.807, 2.05) is 60.7 Å². The van der Waals surface area contributed by atoms with Gasteiger partial charge in [0.1, 0.15) is 10.8 Å². The molecule has 7 heteroatoms. The van der Waals surface area contributed by atoms with Crippen molar-refractivity contribution in [2.75, 3.05) is 7.11 Å². The van der Waals surface area contributed by atoms with Crippen LogP contribution in [0.5, 0.6) is 5.75 Å². The van der Waals surface area contributed by atoms with Crippen LogP contribution in [-0.2, 0) is 0 Å². The SMILES string of the molecule is COc1ccc(C=Cc2nn3c(-c4cccc(Br)c4)nnc3s2)cc1. The van der Waals surface area contributed by atoms with E-state index >= 15 is 0 Å². The Morgan fingerprint density at radius 1 is 1.08 bits per heavy atom. The van der Waals surface area contributed by atoms with E-state index in [4.69, 9.17) is 4.74 Å². The highest BCUT2D eigenvalue weighted by Gasteiger charge is 2.12. The van der Waals surface area contributed by atoms with Crippen LogP contribution in [0.3, 0.4) is 0 Å². The summed E-state index contributed by atoms with van der Waals surface area (Å²) in [5.41, 5.74) is 2.05. The maximum absolute atomic E-state index is 5.17. The number of nitrogens with zero attached hydrogens (tertiary/aromatic N) is 4. The van der Waals surface area contributed by atoms with Crippen LogP contribution in [0.25, 0.3) is 28.5 Å². The molecular formula is C18H13BrN4OS. The lowest BCUT2D eigenvalue weighted by Crippen LogP contribution is -1.90. The lowest BCUT2D eigenvalue weighted by molar-refractivity contribution is 0.415. The molecule has 5 nitrogen and oxygen atoms in total. The third kappa shape index (κ3) is 3.33. The van der Waals surface area contributed by atoms with E-state index < -0.39 is 0 Å². The first kappa shape index (κ1) is 16.0. The molecule has 0 aliphatic carbocycles. The van der Waals surface area contributed by atoms with E-state index in [0.29, 0.717) is 0 Å². The maximum Gasteiger partial charge on any atom is 0.235 e. The van der Waals surface area contributed by atoms with Crippen LogP contribution in [0.2, 0.25) is 0 Å².